The molecule has 3 fully saturated rings. The monoisotopic (exact) mass is 136 g/mol. The van der Waals surface area contributed by atoms with Crippen molar-refractivity contribution in [3.8, 4) is 0 Å². The molecule has 3 saturated carbocycles. The first-order valence-corrected chi connectivity index (χ1v) is 4.95. The van der Waals surface area contributed by atoms with Crippen LogP contribution in [0.15, 0.2) is 0 Å². The van der Waals surface area contributed by atoms with Gasteiger partial charge in [-0.1, -0.05) is 25.7 Å². The lowest BCUT2D eigenvalue weighted by Crippen LogP contribution is -1.98. The Morgan fingerprint density at radius 2 is 1.30 bits per heavy atom. The summed E-state index contributed by atoms with van der Waals surface area (Å²) in [5.41, 5.74) is 0. The summed E-state index contributed by atoms with van der Waals surface area (Å²) >= 11 is 0. The number of hydrogen-bond donors (Lipinski definition) is 0. The third-order valence-corrected chi connectivity index (χ3v) is 4.11. The van der Waals surface area contributed by atoms with Gasteiger partial charge in [0.15, 0.2) is 0 Å². The molecule has 0 aromatic carbocycles. The van der Waals surface area contributed by atoms with E-state index in [1.165, 1.54) is 23.7 Å². The van der Waals surface area contributed by atoms with Crippen molar-refractivity contribution in [3.05, 3.63) is 0 Å². The highest BCUT2D eigenvalue weighted by atomic mass is 14.6. The van der Waals surface area contributed by atoms with E-state index >= 15 is 0 Å². The molecule has 3 aliphatic carbocycles. The average molecular weight is 136 g/mol. The van der Waals surface area contributed by atoms with Gasteiger partial charge in [0.2, 0.25) is 0 Å². The third kappa shape index (κ3) is 0.627. The zero-order chi connectivity index (χ0) is 6.55. The molecule has 56 valence electrons. The van der Waals surface area contributed by atoms with Crippen molar-refractivity contribution >= 4 is 0 Å². The first-order chi connectivity index (χ1) is 4.95. The summed E-state index contributed by atoms with van der Waals surface area (Å²) in [6.07, 6.45) is 9.49. The third-order valence-electron chi connectivity index (χ3n) is 4.11. The molecule has 0 saturated heterocycles. The average Bonchev–Trinajstić information content (AvgIpc) is 2.58. The molecule has 2 bridgehead atoms. The molecule has 0 aromatic heterocycles. The second kappa shape index (κ2) is 1.78. The second-order valence-corrected chi connectivity index (χ2v) is 4.60. The van der Waals surface area contributed by atoms with Gasteiger partial charge in [0, 0.05) is 0 Å². The van der Waals surface area contributed by atoms with Crippen molar-refractivity contribution in [1.82, 2.24) is 0 Å². The highest BCUT2D eigenvalue weighted by Gasteiger charge is 2.53. The lowest BCUT2D eigenvalue weighted by atomic mass is 9.97. The van der Waals surface area contributed by atoms with Crippen LogP contribution in [0.3, 0.4) is 0 Å². The standard InChI is InChI=1S/C10H16/c1-2-4-8-5-7(3-1)9-6-10(8)9/h7-10H,1-6H2. The Morgan fingerprint density at radius 3 is 1.90 bits per heavy atom. The zero-order valence-corrected chi connectivity index (χ0v) is 6.55. The molecule has 4 unspecified atom stereocenters. The fourth-order valence-corrected chi connectivity index (χ4v) is 3.54. The molecular formula is C10H16. The van der Waals surface area contributed by atoms with Crippen LogP contribution >= 0.6 is 0 Å². The Morgan fingerprint density at radius 1 is 0.700 bits per heavy atom. The molecule has 0 nitrogen and oxygen atoms in total. The molecule has 0 radical (unpaired) electrons. The summed E-state index contributed by atoms with van der Waals surface area (Å²) in [6.45, 7) is 0. The van der Waals surface area contributed by atoms with Gasteiger partial charge in [-0.3, -0.25) is 0 Å². The van der Waals surface area contributed by atoms with Crippen molar-refractivity contribution in [2.75, 3.05) is 0 Å². The molecule has 0 amide bonds. The Labute approximate surface area is 63.0 Å². The molecular weight excluding hydrogens is 120 g/mol. The quantitative estimate of drug-likeness (QED) is 0.480. The van der Waals surface area contributed by atoms with Crippen LogP contribution in [0.4, 0.5) is 0 Å². The van der Waals surface area contributed by atoms with Gasteiger partial charge in [0.25, 0.3) is 0 Å². The maximum absolute atomic E-state index is 1.62. The van der Waals surface area contributed by atoms with Crippen LogP contribution in [0.5, 0.6) is 0 Å². The maximum Gasteiger partial charge on any atom is -0.0352 e. The fraction of sp³-hybridized carbons (Fsp3) is 1.00. The van der Waals surface area contributed by atoms with E-state index in [0.29, 0.717) is 0 Å². The van der Waals surface area contributed by atoms with E-state index in [4.69, 9.17) is 0 Å². The predicted octanol–water partition coefficient (Wildman–Crippen LogP) is 2.83. The van der Waals surface area contributed by atoms with Crippen LogP contribution in [0.1, 0.15) is 38.5 Å². The van der Waals surface area contributed by atoms with E-state index in [1.807, 2.05) is 0 Å². The maximum atomic E-state index is 1.62. The molecule has 0 aromatic rings. The number of rotatable bonds is 0. The first-order valence-electron chi connectivity index (χ1n) is 4.95. The number of hydrogen-bond acceptors (Lipinski definition) is 0. The van der Waals surface area contributed by atoms with E-state index in [0.717, 1.165) is 0 Å². The minimum atomic E-state index is 1.19. The van der Waals surface area contributed by atoms with Crippen molar-refractivity contribution in [2.24, 2.45) is 23.7 Å². The van der Waals surface area contributed by atoms with Crippen molar-refractivity contribution in [1.29, 1.82) is 0 Å². The second-order valence-electron chi connectivity index (χ2n) is 4.60. The molecule has 0 N–H and O–H groups in total. The molecule has 0 heteroatoms. The summed E-state index contributed by atoms with van der Waals surface area (Å²) in [5, 5.41) is 0. The smallest absolute Gasteiger partial charge is 0.0352 e. The fourth-order valence-electron chi connectivity index (χ4n) is 3.54. The SMILES string of the molecule is C1CCC2CC(C1)C1CC21. The highest BCUT2D eigenvalue weighted by molar-refractivity contribution is 5.03. The molecule has 0 aliphatic heterocycles. The van der Waals surface area contributed by atoms with Crippen LogP contribution in [0.2, 0.25) is 0 Å². The Hall–Kier alpha value is 0. The van der Waals surface area contributed by atoms with E-state index in [1.54, 1.807) is 38.5 Å². The molecule has 3 aliphatic rings. The minimum absolute atomic E-state index is 1.19. The van der Waals surface area contributed by atoms with Crippen molar-refractivity contribution in [3.63, 3.8) is 0 Å². The van der Waals surface area contributed by atoms with Crippen molar-refractivity contribution < 1.29 is 0 Å². The highest BCUT2D eigenvalue weighted by Crippen LogP contribution is 2.62. The summed E-state index contributed by atoms with van der Waals surface area (Å²) in [5.74, 6) is 4.84. The predicted molar refractivity (Wildman–Crippen MR) is 41.7 cm³/mol. The Balaban J connectivity index is 1.85. The van der Waals surface area contributed by atoms with E-state index in [2.05, 4.69) is 0 Å². The van der Waals surface area contributed by atoms with Crippen molar-refractivity contribution in [2.45, 2.75) is 38.5 Å². The first kappa shape index (κ1) is 5.62. The van der Waals surface area contributed by atoms with E-state index in [-0.39, 0.29) is 0 Å². The van der Waals surface area contributed by atoms with Gasteiger partial charge >= 0.3 is 0 Å². The molecule has 0 heterocycles. The lowest BCUT2D eigenvalue weighted by molar-refractivity contribution is 0.420. The van der Waals surface area contributed by atoms with Crippen LogP contribution < -0.4 is 0 Å². The lowest BCUT2D eigenvalue weighted by Gasteiger charge is -2.09. The normalized spacial score (nSPS) is 57.6. The van der Waals surface area contributed by atoms with Crippen LogP contribution in [-0.2, 0) is 0 Å². The molecule has 10 heavy (non-hydrogen) atoms. The van der Waals surface area contributed by atoms with Gasteiger partial charge in [-0.05, 0) is 36.5 Å². The van der Waals surface area contributed by atoms with Gasteiger partial charge in [-0.25, -0.2) is 0 Å². The van der Waals surface area contributed by atoms with Gasteiger partial charge in [0.1, 0.15) is 0 Å². The van der Waals surface area contributed by atoms with Gasteiger partial charge in [-0.15, -0.1) is 0 Å². The molecule has 4 atom stereocenters. The minimum Gasteiger partial charge on any atom is -0.0530 e. The van der Waals surface area contributed by atoms with Crippen LogP contribution in [0, 0.1) is 23.7 Å². The van der Waals surface area contributed by atoms with Crippen LogP contribution in [-0.4, -0.2) is 0 Å². The molecule has 0 spiro atoms. The summed E-state index contributed by atoms with van der Waals surface area (Å²) in [7, 11) is 0. The largest absolute Gasteiger partial charge is 0.0530 e. The Kier molecular flexibility index (Phi) is 1.00. The van der Waals surface area contributed by atoms with E-state index in [9.17, 15) is 0 Å². The summed E-state index contributed by atoms with van der Waals surface area (Å²) in [4.78, 5) is 0. The van der Waals surface area contributed by atoms with Crippen LogP contribution in [0.25, 0.3) is 0 Å². The topological polar surface area (TPSA) is 0 Å². The Bertz CT molecular complexity index is 134. The summed E-state index contributed by atoms with van der Waals surface area (Å²) in [6, 6.07) is 0. The zero-order valence-electron chi connectivity index (χ0n) is 6.55. The summed E-state index contributed by atoms with van der Waals surface area (Å²) < 4.78 is 0. The van der Waals surface area contributed by atoms with Gasteiger partial charge in [-0.2, -0.15) is 0 Å². The van der Waals surface area contributed by atoms with Gasteiger partial charge < -0.3 is 0 Å². The number of fused-ring (bicyclic) bond motifs is 5. The molecule has 3 rings (SSSR count). The van der Waals surface area contributed by atoms with Gasteiger partial charge in [0.05, 0.1) is 0 Å². The van der Waals surface area contributed by atoms with E-state index < -0.39 is 0 Å².